The van der Waals surface area contributed by atoms with Crippen LogP contribution in [0, 0.1) is 0 Å². The number of nitrogens with one attached hydrogen (secondary N) is 1. The second kappa shape index (κ2) is 3.48. The summed E-state index contributed by atoms with van der Waals surface area (Å²) in [6.07, 6.45) is 0. The zero-order chi connectivity index (χ0) is 9.14. The molecule has 0 spiro atoms. The van der Waals surface area contributed by atoms with Gasteiger partial charge in [-0.1, -0.05) is 0 Å². The van der Waals surface area contributed by atoms with Crippen LogP contribution in [0.5, 0.6) is 0 Å². The molecule has 5 nitrogen and oxygen atoms in total. The van der Waals surface area contributed by atoms with E-state index in [2.05, 4.69) is 27.3 Å². The van der Waals surface area contributed by atoms with Crippen LogP contribution in [0.15, 0.2) is 5.16 Å². The molecule has 0 atom stereocenters. The average molecular weight is 187 g/mol. The van der Waals surface area contributed by atoms with Gasteiger partial charge in [0.2, 0.25) is 0 Å². The standard InChI is InChI=1S/C6H9N3O2S/c1-2-11-5(10)3-4(7)9-6(12)8-3/h2,7H2,1H3,(H2,8,9,12). The Labute approximate surface area is 74.7 Å². The van der Waals surface area contributed by atoms with Crippen LogP contribution >= 0.6 is 12.6 Å². The van der Waals surface area contributed by atoms with Crippen molar-refractivity contribution >= 4 is 24.4 Å². The van der Waals surface area contributed by atoms with Crippen molar-refractivity contribution in [1.29, 1.82) is 0 Å². The lowest BCUT2D eigenvalue weighted by atomic mass is 10.4. The van der Waals surface area contributed by atoms with E-state index in [1.54, 1.807) is 6.92 Å². The van der Waals surface area contributed by atoms with Crippen LogP contribution in [0.4, 0.5) is 5.82 Å². The summed E-state index contributed by atoms with van der Waals surface area (Å²) in [6, 6.07) is 0. The second-order valence-corrected chi connectivity index (χ2v) is 2.47. The quantitative estimate of drug-likeness (QED) is 0.464. The molecule has 0 radical (unpaired) electrons. The summed E-state index contributed by atoms with van der Waals surface area (Å²) in [5.74, 6) is -0.356. The maximum absolute atomic E-state index is 11.1. The first kappa shape index (κ1) is 8.92. The third-order valence-electron chi connectivity index (χ3n) is 1.19. The molecule has 0 aliphatic heterocycles. The Bertz CT molecular complexity index is 297. The van der Waals surface area contributed by atoms with E-state index in [-0.39, 0.29) is 11.5 Å². The van der Waals surface area contributed by atoms with Crippen LogP contribution < -0.4 is 5.73 Å². The van der Waals surface area contributed by atoms with Crippen LogP contribution in [0.25, 0.3) is 0 Å². The minimum Gasteiger partial charge on any atom is -0.461 e. The number of aromatic amines is 1. The third kappa shape index (κ3) is 1.70. The summed E-state index contributed by atoms with van der Waals surface area (Å²) in [7, 11) is 0. The molecule has 1 aromatic rings. The topological polar surface area (TPSA) is 81.0 Å². The van der Waals surface area contributed by atoms with Crippen molar-refractivity contribution in [3.63, 3.8) is 0 Å². The lowest BCUT2D eigenvalue weighted by Gasteiger charge is -1.97. The van der Waals surface area contributed by atoms with E-state index in [1.807, 2.05) is 0 Å². The number of hydrogen-bond acceptors (Lipinski definition) is 5. The molecule has 12 heavy (non-hydrogen) atoms. The molecule has 0 fully saturated rings. The van der Waals surface area contributed by atoms with E-state index >= 15 is 0 Å². The predicted octanol–water partition coefficient (Wildman–Crippen LogP) is 0.457. The number of rotatable bonds is 2. The van der Waals surface area contributed by atoms with Crippen molar-refractivity contribution in [2.45, 2.75) is 12.1 Å². The number of imidazole rings is 1. The van der Waals surface area contributed by atoms with E-state index in [4.69, 9.17) is 5.73 Å². The highest BCUT2D eigenvalue weighted by Crippen LogP contribution is 2.11. The number of nitrogens with two attached hydrogens (primary N) is 1. The highest BCUT2D eigenvalue weighted by molar-refractivity contribution is 7.80. The molecule has 0 unspecified atom stereocenters. The molecule has 0 bridgehead atoms. The number of anilines is 1. The number of carbonyl (C=O) groups excluding carboxylic acids is 1. The second-order valence-electron chi connectivity index (χ2n) is 2.04. The Morgan fingerprint density at radius 2 is 2.50 bits per heavy atom. The van der Waals surface area contributed by atoms with E-state index in [1.165, 1.54) is 0 Å². The average Bonchev–Trinajstić information content (AvgIpc) is 2.30. The SMILES string of the molecule is CCOC(=O)c1nc(S)[nH]c1N. The Kier molecular flexibility index (Phi) is 2.59. The van der Waals surface area contributed by atoms with Crippen LogP contribution in [-0.4, -0.2) is 22.5 Å². The van der Waals surface area contributed by atoms with Crippen molar-refractivity contribution in [2.24, 2.45) is 0 Å². The Morgan fingerprint density at radius 1 is 1.83 bits per heavy atom. The minimum absolute atomic E-state index is 0.0850. The summed E-state index contributed by atoms with van der Waals surface area (Å²) in [5, 5.41) is 0.301. The Hall–Kier alpha value is -1.17. The van der Waals surface area contributed by atoms with Gasteiger partial charge >= 0.3 is 5.97 Å². The molecule has 6 heteroatoms. The lowest BCUT2D eigenvalue weighted by Crippen LogP contribution is -2.07. The number of nitrogen functional groups attached to an aromatic ring is 1. The lowest BCUT2D eigenvalue weighted by molar-refractivity contribution is 0.0521. The van der Waals surface area contributed by atoms with Gasteiger partial charge in [-0.3, -0.25) is 0 Å². The van der Waals surface area contributed by atoms with Gasteiger partial charge in [0.25, 0.3) is 0 Å². The van der Waals surface area contributed by atoms with E-state index in [0.717, 1.165) is 0 Å². The number of aromatic nitrogens is 2. The van der Waals surface area contributed by atoms with Crippen molar-refractivity contribution < 1.29 is 9.53 Å². The molecule has 0 saturated carbocycles. The highest BCUT2D eigenvalue weighted by Gasteiger charge is 2.14. The van der Waals surface area contributed by atoms with Crippen molar-refractivity contribution in [3.8, 4) is 0 Å². The fourth-order valence-electron chi connectivity index (χ4n) is 0.729. The zero-order valence-electron chi connectivity index (χ0n) is 6.50. The van der Waals surface area contributed by atoms with E-state index in [9.17, 15) is 4.79 Å². The summed E-state index contributed by atoms with van der Waals surface area (Å²) in [4.78, 5) is 17.4. The number of ether oxygens (including phenoxy) is 1. The van der Waals surface area contributed by atoms with E-state index < -0.39 is 5.97 Å². The first-order valence-corrected chi connectivity index (χ1v) is 3.81. The van der Waals surface area contributed by atoms with Gasteiger partial charge in [0.1, 0.15) is 5.82 Å². The third-order valence-corrected chi connectivity index (χ3v) is 1.40. The Balaban J connectivity index is 2.87. The molecule has 66 valence electrons. The minimum atomic E-state index is -0.536. The highest BCUT2D eigenvalue weighted by atomic mass is 32.1. The molecule has 1 rings (SSSR count). The molecule has 0 amide bonds. The maximum Gasteiger partial charge on any atom is 0.360 e. The number of esters is 1. The van der Waals surface area contributed by atoms with Gasteiger partial charge in [-0.15, -0.1) is 12.6 Å². The predicted molar refractivity (Wildman–Crippen MR) is 46.2 cm³/mol. The van der Waals surface area contributed by atoms with Crippen LogP contribution in [0.3, 0.4) is 0 Å². The van der Waals surface area contributed by atoms with Crippen LogP contribution in [0.1, 0.15) is 17.4 Å². The van der Waals surface area contributed by atoms with Gasteiger partial charge in [0.15, 0.2) is 10.9 Å². The fourth-order valence-corrected chi connectivity index (χ4v) is 0.949. The smallest absolute Gasteiger partial charge is 0.360 e. The number of nitrogens with zero attached hydrogens (tertiary/aromatic N) is 1. The summed E-state index contributed by atoms with van der Waals surface area (Å²) >= 11 is 3.88. The van der Waals surface area contributed by atoms with Gasteiger partial charge in [-0.25, -0.2) is 9.78 Å². The first-order valence-electron chi connectivity index (χ1n) is 3.36. The molecule has 0 aromatic carbocycles. The zero-order valence-corrected chi connectivity index (χ0v) is 7.39. The monoisotopic (exact) mass is 187 g/mol. The fraction of sp³-hybridized carbons (Fsp3) is 0.333. The number of thiol groups is 1. The van der Waals surface area contributed by atoms with Gasteiger partial charge in [0, 0.05) is 0 Å². The van der Waals surface area contributed by atoms with Gasteiger partial charge in [-0.2, -0.15) is 0 Å². The number of H-pyrrole nitrogens is 1. The van der Waals surface area contributed by atoms with Gasteiger partial charge in [-0.05, 0) is 6.92 Å². The molecule has 0 aliphatic carbocycles. The largest absolute Gasteiger partial charge is 0.461 e. The van der Waals surface area contributed by atoms with Crippen molar-refractivity contribution in [2.75, 3.05) is 12.3 Å². The van der Waals surface area contributed by atoms with Crippen LogP contribution in [-0.2, 0) is 4.74 Å². The maximum atomic E-state index is 11.1. The molecule has 1 aromatic heterocycles. The van der Waals surface area contributed by atoms with Crippen molar-refractivity contribution in [3.05, 3.63) is 5.69 Å². The molecule has 0 aliphatic rings. The molecule has 3 N–H and O–H groups in total. The van der Waals surface area contributed by atoms with E-state index in [0.29, 0.717) is 11.8 Å². The molecular formula is C6H9N3O2S. The van der Waals surface area contributed by atoms with Gasteiger partial charge < -0.3 is 15.5 Å². The molecule has 1 heterocycles. The van der Waals surface area contributed by atoms with Crippen molar-refractivity contribution in [1.82, 2.24) is 9.97 Å². The number of carbonyl (C=O) groups is 1. The summed E-state index contributed by atoms with van der Waals surface area (Å²) in [6.45, 7) is 2.01. The van der Waals surface area contributed by atoms with Gasteiger partial charge in [0.05, 0.1) is 6.61 Å². The first-order chi connectivity index (χ1) is 5.65. The Morgan fingerprint density at radius 3 is 2.92 bits per heavy atom. The molecule has 0 saturated heterocycles. The van der Waals surface area contributed by atoms with Crippen LogP contribution in [0.2, 0.25) is 0 Å². The summed E-state index contributed by atoms with van der Waals surface area (Å²) < 4.78 is 4.69. The molecular weight excluding hydrogens is 178 g/mol. The number of hydrogen-bond donors (Lipinski definition) is 3. The summed E-state index contributed by atoms with van der Waals surface area (Å²) in [5.41, 5.74) is 5.49. The normalized spacial score (nSPS) is 9.83.